The van der Waals surface area contributed by atoms with Crippen LogP contribution < -0.4 is 0 Å². The molecule has 0 saturated heterocycles. The van der Waals surface area contributed by atoms with Gasteiger partial charge in [0.05, 0.1) is 12.0 Å². The Balaban J connectivity index is 1.81. The molecule has 0 aliphatic carbocycles. The molecule has 0 fully saturated rings. The molecule has 3 aromatic rings. The Kier molecular flexibility index (Phi) is 1.88. The molecule has 0 spiro atoms. The molecule has 1 aliphatic heterocycles. The lowest BCUT2D eigenvalue weighted by atomic mass is 10.0. The number of fused-ring (bicyclic) bond motifs is 2. The predicted molar refractivity (Wildman–Crippen MR) is 70.4 cm³/mol. The van der Waals surface area contributed by atoms with E-state index in [1.807, 2.05) is 18.2 Å². The maximum atomic E-state index is 5.35. The standard InChI is InChI=1S/C15H10N2O/c1-2-12-9-13(17-15(12)16-6-1)10-3-4-14-11(8-10)5-7-18-14/h1-8H,9H2. The number of furan rings is 1. The van der Waals surface area contributed by atoms with Crippen molar-refractivity contribution in [2.24, 2.45) is 4.99 Å². The van der Waals surface area contributed by atoms with Crippen molar-refractivity contribution in [2.75, 3.05) is 0 Å². The van der Waals surface area contributed by atoms with Gasteiger partial charge in [0, 0.05) is 23.6 Å². The van der Waals surface area contributed by atoms with E-state index in [-0.39, 0.29) is 0 Å². The Bertz CT molecular complexity index is 771. The Labute approximate surface area is 104 Å². The van der Waals surface area contributed by atoms with E-state index in [0.717, 1.165) is 34.5 Å². The van der Waals surface area contributed by atoms with Crippen LogP contribution in [0.3, 0.4) is 0 Å². The molecule has 1 aliphatic rings. The number of hydrogen-bond donors (Lipinski definition) is 0. The molecule has 3 heteroatoms. The highest BCUT2D eigenvalue weighted by Gasteiger charge is 2.16. The molecule has 1 aromatic carbocycles. The van der Waals surface area contributed by atoms with Crippen molar-refractivity contribution in [3.05, 3.63) is 60.0 Å². The van der Waals surface area contributed by atoms with E-state index in [1.165, 1.54) is 5.56 Å². The van der Waals surface area contributed by atoms with Gasteiger partial charge in [0.25, 0.3) is 0 Å². The average Bonchev–Trinajstić information content (AvgIpc) is 3.04. The molecule has 0 N–H and O–H groups in total. The van der Waals surface area contributed by atoms with Crippen LogP contribution in [0.25, 0.3) is 11.0 Å². The minimum absolute atomic E-state index is 0.847. The number of aromatic nitrogens is 1. The number of pyridine rings is 1. The summed E-state index contributed by atoms with van der Waals surface area (Å²) in [5, 5.41) is 1.11. The fourth-order valence-electron chi connectivity index (χ4n) is 2.33. The minimum Gasteiger partial charge on any atom is -0.464 e. The van der Waals surface area contributed by atoms with Crippen LogP contribution >= 0.6 is 0 Å². The molecule has 3 heterocycles. The van der Waals surface area contributed by atoms with Gasteiger partial charge in [0.15, 0.2) is 5.82 Å². The molecule has 0 radical (unpaired) electrons. The lowest BCUT2D eigenvalue weighted by Gasteiger charge is -1.99. The van der Waals surface area contributed by atoms with Crippen LogP contribution in [0, 0.1) is 0 Å². The quantitative estimate of drug-likeness (QED) is 0.646. The number of nitrogens with zero attached hydrogens (tertiary/aromatic N) is 2. The fourth-order valence-corrected chi connectivity index (χ4v) is 2.33. The van der Waals surface area contributed by atoms with Crippen LogP contribution in [-0.2, 0) is 6.42 Å². The smallest absolute Gasteiger partial charge is 0.155 e. The molecule has 0 bridgehead atoms. The maximum absolute atomic E-state index is 5.35. The van der Waals surface area contributed by atoms with E-state index in [9.17, 15) is 0 Å². The van der Waals surface area contributed by atoms with Crippen LogP contribution in [0.1, 0.15) is 11.1 Å². The van der Waals surface area contributed by atoms with Gasteiger partial charge in [0.2, 0.25) is 0 Å². The van der Waals surface area contributed by atoms with Crippen molar-refractivity contribution in [2.45, 2.75) is 6.42 Å². The maximum Gasteiger partial charge on any atom is 0.155 e. The molecule has 0 unspecified atom stereocenters. The van der Waals surface area contributed by atoms with Gasteiger partial charge in [-0.15, -0.1) is 0 Å². The third-order valence-electron chi connectivity index (χ3n) is 3.25. The molecule has 0 atom stereocenters. The molecule has 0 amide bonds. The van der Waals surface area contributed by atoms with Crippen LogP contribution in [-0.4, -0.2) is 10.7 Å². The topological polar surface area (TPSA) is 38.4 Å². The summed E-state index contributed by atoms with van der Waals surface area (Å²) in [6, 6.07) is 12.2. The van der Waals surface area contributed by atoms with Crippen molar-refractivity contribution in [3.8, 4) is 0 Å². The largest absolute Gasteiger partial charge is 0.464 e. The first-order valence-electron chi connectivity index (χ1n) is 5.89. The number of rotatable bonds is 1. The van der Waals surface area contributed by atoms with Gasteiger partial charge in [-0.1, -0.05) is 6.07 Å². The highest BCUT2D eigenvalue weighted by atomic mass is 16.3. The molecular formula is C15H10N2O. The third-order valence-corrected chi connectivity index (χ3v) is 3.25. The van der Waals surface area contributed by atoms with Gasteiger partial charge in [-0.3, -0.25) is 0 Å². The van der Waals surface area contributed by atoms with Crippen LogP contribution in [0.2, 0.25) is 0 Å². The SMILES string of the molecule is c1cnc2c(c1)CC(c1ccc3occc3c1)=N2. The Morgan fingerprint density at radius 1 is 1.11 bits per heavy atom. The van der Waals surface area contributed by atoms with Gasteiger partial charge >= 0.3 is 0 Å². The van der Waals surface area contributed by atoms with Gasteiger partial charge in [-0.05, 0) is 35.9 Å². The molecule has 86 valence electrons. The van der Waals surface area contributed by atoms with Crippen molar-refractivity contribution < 1.29 is 4.42 Å². The van der Waals surface area contributed by atoms with Crippen LogP contribution in [0.15, 0.2) is 58.3 Å². The summed E-state index contributed by atoms with van der Waals surface area (Å²) < 4.78 is 5.35. The van der Waals surface area contributed by atoms with Crippen molar-refractivity contribution >= 4 is 22.5 Å². The lowest BCUT2D eigenvalue weighted by Crippen LogP contribution is -1.99. The molecule has 18 heavy (non-hydrogen) atoms. The molecule has 3 nitrogen and oxygen atoms in total. The summed E-state index contributed by atoms with van der Waals surface area (Å²) in [5.41, 5.74) is 4.32. The summed E-state index contributed by atoms with van der Waals surface area (Å²) in [6.07, 6.45) is 4.35. The number of hydrogen-bond acceptors (Lipinski definition) is 3. The van der Waals surface area contributed by atoms with Crippen molar-refractivity contribution in [1.29, 1.82) is 0 Å². The number of benzene rings is 1. The predicted octanol–water partition coefficient (Wildman–Crippen LogP) is 3.50. The molecular weight excluding hydrogens is 224 g/mol. The van der Waals surface area contributed by atoms with Gasteiger partial charge in [0.1, 0.15) is 5.58 Å². The fraction of sp³-hybridized carbons (Fsp3) is 0.0667. The zero-order chi connectivity index (χ0) is 11.9. The molecule has 2 aromatic heterocycles. The summed E-state index contributed by atoms with van der Waals surface area (Å²) in [7, 11) is 0. The first kappa shape index (κ1) is 9.59. The molecule has 0 saturated carbocycles. The van der Waals surface area contributed by atoms with E-state index in [1.54, 1.807) is 12.5 Å². The van der Waals surface area contributed by atoms with Crippen molar-refractivity contribution in [1.82, 2.24) is 4.98 Å². The van der Waals surface area contributed by atoms with Crippen LogP contribution in [0.5, 0.6) is 0 Å². The second-order valence-electron chi connectivity index (χ2n) is 4.39. The zero-order valence-electron chi connectivity index (χ0n) is 9.63. The highest BCUT2D eigenvalue weighted by Crippen LogP contribution is 2.27. The summed E-state index contributed by atoms with van der Waals surface area (Å²) in [5.74, 6) is 0.847. The summed E-state index contributed by atoms with van der Waals surface area (Å²) in [4.78, 5) is 8.87. The van der Waals surface area contributed by atoms with E-state index >= 15 is 0 Å². The third kappa shape index (κ3) is 1.37. The molecule has 4 rings (SSSR count). The Morgan fingerprint density at radius 3 is 3.06 bits per heavy atom. The first-order valence-corrected chi connectivity index (χ1v) is 5.89. The van der Waals surface area contributed by atoms with Crippen LogP contribution in [0.4, 0.5) is 5.82 Å². The van der Waals surface area contributed by atoms with Gasteiger partial charge < -0.3 is 4.42 Å². The Hall–Kier alpha value is -2.42. The normalized spacial score (nSPS) is 13.7. The zero-order valence-corrected chi connectivity index (χ0v) is 9.63. The monoisotopic (exact) mass is 234 g/mol. The van der Waals surface area contributed by atoms with Gasteiger partial charge in [-0.25, -0.2) is 9.98 Å². The van der Waals surface area contributed by atoms with E-state index in [2.05, 4.69) is 28.2 Å². The van der Waals surface area contributed by atoms with E-state index < -0.39 is 0 Å². The number of aliphatic imine (C=N–C) groups is 1. The second-order valence-corrected chi connectivity index (χ2v) is 4.39. The van der Waals surface area contributed by atoms with Crippen molar-refractivity contribution in [3.63, 3.8) is 0 Å². The van der Waals surface area contributed by atoms with E-state index in [4.69, 9.17) is 4.42 Å². The first-order chi connectivity index (χ1) is 8.90. The summed E-state index contributed by atoms with van der Waals surface area (Å²) in [6.45, 7) is 0. The highest BCUT2D eigenvalue weighted by molar-refractivity contribution is 6.07. The Morgan fingerprint density at radius 2 is 2.11 bits per heavy atom. The minimum atomic E-state index is 0.847. The average molecular weight is 234 g/mol. The van der Waals surface area contributed by atoms with Gasteiger partial charge in [-0.2, -0.15) is 0 Å². The second kappa shape index (κ2) is 3.53. The van der Waals surface area contributed by atoms with E-state index in [0.29, 0.717) is 0 Å². The lowest BCUT2D eigenvalue weighted by molar-refractivity contribution is 0.616. The summed E-state index contributed by atoms with van der Waals surface area (Å²) >= 11 is 0.